The van der Waals surface area contributed by atoms with Crippen molar-refractivity contribution in [2.75, 3.05) is 7.11 Å². The van der Waals surface area contributed by atoms with E-state index in [4.69, 9.17) is 11.6 Å². The quantitative estimate of drug-likeness (QED) is 0.772. The number of nitrogens with one attached hydrogen (secondary N) is 1. The van der Waals surface area contributed by atoms with E-state index in [-0.39, 0.29) is 5.56 Å². The lowest BCUT2D eigenvalue weighted by atomic mass is 10.1. The first-order chi connectivity index (χ1) is 7.65. The molecule has 1 aromatic heterocycles. The molecule has 82 valence electrons. The number of ether oxygens (including phenoxy) is 1. The summed E-state index contributed by atoms with van der Waals surface area (Å²) < 4.78 is 4.50. The molecule has 0 atom stereocenters. The molecule has 0 saturated heterocycles. The van der Waals surface area contributed by atoms with E-state index in [2.05, 4.69) is 9.72 Å². The Morgan fingerprint density at radius 3 is 2.88 bits per heavy atom. The second kappa shape index (κ2) is 3.98. The smallest absolute Gasteiger partial charge is 0.343 e. The maximum absolute atomic E-state index is 11.9. The molecule has 2 rings (SSSR count). The van der Waals surface area contributed by atoms with Crippen molar-refractivity contribution in [3.63, 3.8) is 0 Å². The van der Waals surface area contributed by atoms with Gasteiger partial charge >= 0.3 is 5.97 Å². The lowest BCUT2D eigenvalue weighted by molar-refractivity contribution is 0.0599. The van der Waals surface area contributed by atoms with Crippen molar-refractivity contribution < 1.29 is 9.53 Å². The van der Waals surface area contributed by atoms with Crippen LogP contribution >= 0.6 is 11.6 Å². The average molecular weight is 238 g/mol. The molecule has 1 N–H and O–H groups in total. The Morgan fingerprint density at radius 2 is 2.19 bits per heavy atom. The summed E-state index contributed by atoms with van der Waals surface area (Å²) in [4.78, 5) is 26.1. The van der Waals surface area contributed by atoms with Gasteiger partial charge in [0.2, 0.25) is 5.43 Å². The molecule has 16 heavy (non-hydrogen) atoms. The number of fused-ring (bicyclic) bond motifs is 1. The van der Waals surface area contributed by atoms with E-state index in [1.807, 2.05) is 0 Å². The third-order valence-corrected chi connectivity index (χ3v) is 2.58. The van der Waals surface area contributed by atoms with E-state index in [1.54, 1.807) is 18.2 Å². The lowest BCUT2D eigenvalue weighted by Gasteiger charge is -2.02. The van der Waals surface area contributed by atoms with Crippen LogP contribution in [0.4, 0.5) is 0 Å². The van der Waals surface area contributed by atoms with Gasteiger partial charge in [0.05, 0.1) is 23.0 Å². The van der Waals surface area contributed by atoms with Crippen molar-refractivity contribution in [1.29, 1.82) is 0 Å². The monoisotopic (exact) mass is 237 g/mol. The van der Waals surface area contributed by atoms with Gasteiger partial charge < -0.3 is 9.72 Å². The van der Waals surface area contributed by atoms with Gasteiger partial charge in [-0.3, -0.25) is 4.79 Å². The van der Waals surface area contributed by atoms with E-state index >= 15 is 0 Å². The van der Waals surface area contributed by atoms with Gasteiger partial charge in [-0.05, 0) is 12.1 Å². The first kappa shape index (κ1) is 10.7. The molecule has 0 radical (unpaired) electrons. The van der Waals surface area contributed by atoms with Crippen LogP contribution in [0.5, 0.6) is 0 Å². The minimum absolute atomic E-state index is 0.0527. The summed E-state index contributed by atoms with van der Waals surface area (Å²) in [5, 5.41) is 0.608. The number of H-pyrrole nitrogens is 1. The number of methoxy groups -OCH3 is 1. The molecule has 0 aliphatic carbocycles. The Balaban J connectivity index is 2.84. The molecule has 0 amide bonds. The van der Waals surface area contributed by atoms with Gasteiger partial charge in [-0.1, -0.05) is 17.7 Å². The minimum atomic E-state index is -0.678. The van der Waals surface area contributed by atoms with Crippen molar-refractivity contribution in [2.45, 2.75) is 0 Å². The van der Waals surface area contributed by atoms with Crippen LogP contribution in [0.3, 0.4) is 0 Å². The van der Waals surface area contributed by atoms with Gasteiger partial charge in [0.1, 0.15) is 5.56 Å². The average Bonchev–Trinajstić information content (AvgIpc) is 2.28. The highest BCUT2D eigenvalue weighted by atomic mass is 35.5. The van der Waals surface area contributed by atoms with E-state index in [0.29, 0.717) is 15.9 Å². The highest BCUT2D eigenvalue weighted by Gasteiger charge is 2.14. The maximum atomic E-state index is 11.9. The van der Waals surface area contributed by atoms with Crippen molar-refractivity contribution in [2.24, 2.45) is 0 Å². The standard InChI is InChI=1S/C11H8ClNO3/c1-16-11(15)6-5-13-8-4-2-3-7(12)9(8)10(6)14/h2-5H,1H3,(H,13,14). The van der Waals surface area contributed by atoms with Crippen LogP contribution in [-0.4, -0.2) is 18.1 Å². The van der Waals surface area contributed by atoms with Crippen molar-refractivity contribution in [3.05, 3.63) is 45.2 Å². The Kier molecular flexibility index (Phi) is 2.66. The number of pyridine rings is 1. The number of aromatic nitrogens is 1. The number of hydrogen-bond donors (Lipinski definition) is 1. The molecular weight excluding hydrogens is 230 g/mol. The van der Waals surface area contributed by atoms with Crippen LogP contribution in [0.25, 0.3) is 10.9 Å². The van der Waals surface area contributed by atoms with Crippen molar-refractivity contribution in [3.8, 4) is 0 Å². The molecule has 0 spiro atoms. The SMILES string of the molecule is COC(=O)c1c[nH]c2cccc(Cl)c2c1=O. The molecule has 0 aliphatic heterocycles. The number of aromatic amines is 1. The number of esters is 1. The van der Waals surface area contributed by atoms with Gasteiger partial charge in [-0.2, -0.15) is 0 Å². The summed E-state index contributed by atoms with van der Waals surface area (Å²) in [6.07, 6.45) is 1.33. The van der Waals surface area contributed by atoms with E-state index in [0.717, 1.165) is 0 Å². The predicted molar refractivity (Wildman–Crippen MR) is 60.9 cm³/mol. The zero-order chi connectivity index (χ0) is 11.7. The maximum Gasteiger partial charge on any atom is 0.343 e. The van der Waals surface area contributed by atoms with E-state index in [9.17, 15) is 9.59 Å². The topological polar surface area (TPSA) is 59.2 Å². The van der Waals surface area contributed by atoms with Gasteiger partial charge in [0, 0.05) is 6.20 Å². The number of halogens is 1. The number of carbonyl (C=O) groups is 1. The summed E-state index contributed by atoms with van der Waals surface area (Å²) in [7, 11) is 1.22. The Bertz CT molecular complexity index is 618. The first-order valence-electron chi connectivity index (χ1n) is 4.53. The molecule has 5 heteroatoms. The van der Waals surface area contributed by atoms with Crippen LogP contribution in [0.2, 0.25) is 5.02 Å². The normalized spacial score (nSPS) is 10.4. The molecule has 0 saturated carbocycles. The number of hydrogen-bond acceptors (Lipinski definition) is 3. The van der Waals surface area contributed by atoms with Gasteiger partial charge in [0.25, 0.3) is 0 Å². The van der Waals surface area contributed by atoms with Crippen LogP contribution in [-0.2, 0) is 4.74 Å². The molecular formula is C11H8ClNO3. The van der Waals surface area contributed by atoms with Crippen LogP contribution in [0, 0.1) is 0 Å². The van der Waals surface area contributed by atoms with E-state index in [1.165, 1.54) is 13.3 Å². The summed E-state index contributed by atoms with van der Waals surface area (Å²) in [5.41, 5.74) is 0.111. The molecule has 0 unspecified atom stereocenters. The third kappa shape index (κ3) is 1.57. The highest BCUT2D eigenvalue weighted by Crippen LogP contribution is 2.18. The molecule has 0 aliphatic rings. The molecule has 1 aromatic carbocycles. The zero-order valence-electron chi connectivity index (χ0n) is 8.41. The van der Waals surface area contributed by atoms with Gasteiger partial charge in [-0.25, -0.2) is 4.79 Å². The second-order valence-corrected chi connectivity index (χ2v) is 3.59. The fourth-order valence-corrected chi connectivity index (χ4v) is 1.75. The minimum Gasteiger partial charge on any atom is -0.465 e. The van der Waals surface area contributed by atoms with E-state index < -0.39 is 11.4 Å². The summed E-state index contributed by atoms with van der Waals surface area (Å²) in [6, 6.07) is 5.03. The van der Waals surface area contributed by atoms with Gasteiger partial charge in [-0.15, -0.1) is 0 Å². The summed E-state index contributed by atoms with van der Waals surface area (Å²) >= 11 is 5.91. The second-order valence-electron chi connectivity index (χ2n) is 3.19. The third-order valence-electron chi connectivity index (χ3n) is 2.26. The summed E-state index contributed by atoms with van der Waals surface area (Å²) in [5.74, 6) is -0.678. The fourth-order valence-electron chi connectivity index (χ4n) is 1.49. The Hall–Kier alpha value is -1.81. The number of rotatable bonds is 1. The highest BCUT2D eigenvalue weighted by molar-refractivity contribution is 6.35. The molecule has 4 nitrogen and oxygen atoms in total. The summed E-state index contributed by atoms with van der Waals surface area (Å²) in [6.45, 7) is 0. The Labute approximate surface area is 95.8 Å². The number of carbonyl (C=O) groups excluding carboxylic acids is 1. The first-order valence-corrected chi connectivity index (χ1v) is 4.91. The van der Waals surface area contributed by atoms with Crippen LogP contribution in [0.1, 0.15) is 10.4 Å². The van der Waals surface area contributed by atoms with Crippen LogP contribution in [0.15, 0.2) is 29.2 Å². The van der Waals surface area contributed by atoms with Crippen molar-refractivity contribution >= 4 is 28.5 Å². The molecule has 0 bridgehead atoms. The van der Waals surface area contributed by atoms with Crippen LogP contribution < -0.4 is 5.43 Å². The lowest BCUT2D eigenvalue weighted by Crippen LogP contribution is -2.17. The fraction of sp³-hybridized carbons (Fsp3) is 0.0909. The van der Waals surface area contributed by atoms with Crippen molar-refractivity contribution in [1.82, 2.24) is 4.98 Å². The predicted octanol–water partition coefficient (Wildman–Crippen LogP) is 1.97. The molecule has 1 heterocycles. The Morgan fingerprint density at radius 1 is 1.44 bits per heavy atom. The largest absolute Gasteiger partial charge is 0.465 e. The van der Waals surface area contributed by atoms with Gasteiger partial charge in [0.15, 0.2) is 0 Å². The zero-order valence-corrected chi connectivity index (χ0v) is 9.17. The number of benzene rings is 1. The molecule has 0 fully saturated rings. The molecule has 2 aromatic rings.